The number of amides is 5. The SMILES string of the molecule is CC(=O)NCCNc1ncc(N(C(N)=O)C(C(=O)NC2C(=O)N3C(C(=O)O)=C(CSc4nnnn4C)CS[C@@H]23)c2ccc(O)cc2)c(=O)[nH]1. The molecule has 20 nitrogen and oxygen atoms in total. The van der Waals surface area contributed by atoms with Gasteiger partial charge in [-0.05, 0) is 33.7 Å². The van der Waals surface area contributed by atoms with Gasteiger partial charge in [0.1, 0.15) is 34.6 Å². The van der Waals surface area contributed by atoms with Crippen LogP contribution in [-0.4, -0.2) is 111 Å². The largest absolute Gasteiger partial charge is 0.508 e. The number of hydrogen-bond donors (Lipinski definition) is 7. The van der Waals surface area contributed by atoms with Crippen LogP contribution in [0, 0.1) is 0 Å². The van der Waals surface area contributed by atoms with E-state index in [-0.39, 0.29) is 53.5 Å². The number of aromatic hydroxyl groups is 1. The molecule has 0 aliphatic carbocycles. The highest BCUT2D eigenvalue weighted by Gasteiger charge is 2.55. The Hall–Kier alpha value is -5.64. The summed E-state index contributed by atoms with van der Waals surface area (Å²) in [6.07, 6.45) is 1.03. The number of phenols is 1. The summed E-state index contributed by atoms with van der Waals surface area (Å²) in [7, 11) is 1.63. The van der Waals surface area contributed by atoms with E-state index in [1.54, 1.807) is 7.05 Å². The van der Waals surface area contributed by atoms with Crippen LogP contribution in [0.5, 0.6) is 5.75 Å². The third-order valence-electron chi connectivity index (χ3n) is 7.29. The van der Waals surface area contributed by atoms with Gasteiger partial charge in [-0.3, -0.25) is 34.0 Å². The van der Waals surface area contributed by atoms with E-state index in [0.717, 1.165) is 11.1 Å². The number of phenolic OH excluding ortho intramolecular Hbond substituents is 1. The van der Waals surface area contributed by atoms with Gasteiger partial charge < -0.3 is 31.9 Å². The van der Waals surface area contributed by atoms with Crippen molar-refractivity contribution in [3.63, 3.8) is 0 Å². The molecule has 0 saturated carbocycles. The lowest BCUT2D eigenvalue weighted by Crippen LogP contribution is -2.71. The number of carbonyl (C=O) groups is 5. The summed E-state index contributed by atoms with van der Waals surface area (Å²) in [6, 6.07) is 1.15. The van der Waals surface area contributed by atoms with Crippen LogP contribution in [-0.2, 0) is 26.2 Å². The monoisotopic (exact) mass is 714 g/mol. The second-order valence-electron chi connectivity index (χ2n) is 10.6. The van der Waals surface area contributed by atoms with E-state index in [4.69, 9.17) is 5.73 Å². The number of β-lactam (4-membered cyclic amide) rings is 1. The van der Waals surface area contributed by atoms with Crippen LogP contribution in [0.1, 0.15) is 18.5 Å². The van der Waals surface area contributed by atoms with Crippen molar-refractivity contribution >= 4 is 64.9 Å². The predicted molar refractivity (Wildman–Crippen MR) is 174 cm³/mol. The number of thioether (sulfide) groups is 2. The summed E-state index contributed by atoms with van der Waals surface area (Å²) in [4.78, 5) is 85.2. The number of hydrogen-bond acceptors (Lipinski definition) is 14. The van der Waals surface area contributed by atoms with Crippen molar-refractivity contribution < 1.29 is 34.2 Å². The number of aryl methyl sites for hydroxylation is 1. The molecule has 0 bridgehead atoms. The molecule has 3 aromatic rings. The number of tetrazole rings is 1. The fraction of sp³-hybridized carbons (Fsp3) is 0.333. The number of H-pyrrole nitrogens is 1. The van der Waals surface area contributed by atoms with E-state index in [1.807, 2.05) is 0 Å². The van der Waals surface area contributed by atoms with Gasteiger partial charge in [-0.1, -0.05) is 23.9 Å². The Kier molecular flexibility index (Phi) is 10.4. The molecule has 5 rings (SSSR count). The summed E-state index contributed by atoms with van der Waals surface area (Å²) in [5, 5.41) is 38.7. The number of nitrogens with one attached hydrogen (secondary N) is 4. The molecule has 258 valence electrons. The van der Waals surface area contributed by atoms with Gasteiger partial charge in [-0.25, -0.2) is 19.3 Å². The normalized spacial score (nSPS) is 17.4. The number of aromatic amines is 1. The third kappa shape index (κ3) is 7.43. The van der Waals surface area contributed by atoms with Crippen molar-refractivity contribution in [2.75, 3.05) is 34.8 Å². The Balaban J connectivity index is 1.39. The number of primary amides is 1. The molecule has 1 fully saturated rings. The minimum Gasteiger partial charge on any atom is -0.508 e. The maximum atomic E-state index is 14.0. The molecule has 0 spiro atoms. The van der Waals surface area contributed by atoms with Gasteiger partial charge in [0.25, 0.3) is 11.5 Å². The molecule has 2 aromatic heterocycles. The fourth-order valence-corrected chi connectivity index (χ4v) is 7.39. The van der Waals surface area contributed by atoms with Gasteiger partial charge in [0.05, 0.1) is 6.20 Å². The van der Waals surface area contributed by atoms with Crippen molar-refractivity contribution in [1.29, 1.82) is 0 Å². The molecule has 4 heterocycles. The van der Waals surface area contributed by atoms with Gasteiger partial charge >= 0.3 is 12.0 Å². The zero-order valence-corrected chi connectivity index (χ0v) is 27.4. The highest BCUT2D eigenvalue weighted by molar-refractivity contribution is 8.01. The number of carboxylic acid groups (broad SMARTS) is 1. The van der Waals surface area contributed by atoms with Crippen LogP contribution in [0.2, 0.25) is 0 Å². The second kappa shape index (κ2) is 14.6. The Bertz CT molecular complexity index is 1880. The van der Waals surface area contributed by atoms with Crippen molar-refractivity contribution in [1.82, 2.24) is 45.7 Å². The first kappa shape index (κ1) is 34.7. The summed E-state index contributed by atoms with van der Waals surface area (Å²) >= 11 is 2.44. The molecule has 22 heteroatoms. The quantitative estimate of drug-likeness (QED) is 0.0616. The molecule has 5 amide bonds. The van der Waals surface area contributed by atoms with E-state index in [0.29, 0.717) is 15.6 Å². The van der Waals surface area contributed by atoms with E-state index in [2.05, 4.69) is 41.4 Å². The number of fused-ring (bicyclic) bond motifs is 1. The smallest absolute Gasteiger partial charge is 0.352 e. The Morgan fingerprint density at radius 3 is 2.55 bits per heavy atom. The third-order valence-corrected chi connectivity index (χ3v) is 9.73. The van der Waals surface area contributed by atoms with Crippen molar-refractivity contribution in [2.45, 2.75) is 29.5 Å². The lowest BCUT2D eigenvalue weighted by Gasteiger charge is -2.49. The van der Waals surface area contributed by atoms with Gasteiger partial charge in [0.15, 0.2) is 0 Å². The predicted octanol–water partition coefficient (Wildman–Crippen LogP) is -1.30. The first-order valence-electron chi connectivity index (χ1n) is 14.4. The zero-order valence-electron chi connectivity index (χ0n) is 25.8. The van der Waals surface area contributed by atoms with Crippen LogP contribution in [0.25, 0.3) is 0 Å². The van der Waals surface area contributed by atoms with Crippen LogP contribution in [0.4, 0.5) is 16.4 Å². The van der Waals surface area contributed by atoms with E-state index in [9.17, 15) is 39.0 Å². The molecule has 1 aromatic carbocycles. The number of aliphatic carboxylic acids is 1. The second-order valence-corrected chi connectivity index (χ2v) is 12.6. The molecule has 3 atom stereocenters. The maximum absolute atomic E-state index is 14.0. The van der Waals surface area contributed by atoms with Crippen molar-refractivity contribution in [3.05, 3.63) is 57.6 Å². The Labute approximate surface area is 284 Å². The lowest BCUT2D eigenvalue weighted by atomic mass is 10.00. The van der Waals surface area contributed by atoms with E-state index < -0.39 is 52.5 Å². The average molecular weight is 715 g/mol. The molecule has 0 radical (unpaired) electrons. The van der Waals surface area contributed by atoms with Crippen LogP contribution in [0.3, 0.4) is 0 Å². The van der Waals surface area contributed by atoms with Crippen LogP contribution in [0.15, 0.2) is 51.7 Å². The van der Waals surface area contributed by atoms with Crippen molar-refractivity contribution in [3.8, 4) is 5.75 Å². The first-order chi connectivity index (χ1) is 23.4. The number of carboxylic acids is 1. The molecule has 2 aliphatic heterocycles. The van der Waals surface area contributed by atoms with Gasteiger partial charge in [0.2, 0.25) is 22.9 Å². The average Bonchev–Trinajstić information content (AvgIpc) is 3.47. The van der Waals surface area contributed by atoms with E-state index in [1.165, 1.54) is 59.4 Å². The summed E-state index contributed by atoms with van der Waals surface area (Å²) < 4.78 is 1.43. The molecular formula is C27H30N12O8S2. The zero-order chi connectivity index (χ0) is 35.4. The minimum atomic E-state index is -1.63. The molecule has 2 aliphatic rings. The van der Waals surface area contributed by atoms with E-state index >= 15 is 0 Å². The Morgan fingerprint density at radius 2 is 1.94 bits per heavy atom. The number of urea groups is 1. The summed E-state index contributed by atoms with van der Waals surface area (Å²) in [5.74, 6) is -2.91. The molecule has 1 saturated heterocycles. The topological polar surface area (TPSA) is 284 Å². The molecule has 2 unspecified atom stereocenters. The number of anilines is 2. The van der Waals surface area contributed by atoms with Crippen LogP contribution < -0.4 is 32.1 Å². The lowest BCUT2D eigenvalue weighted by molar-refractivity contribution is -0.150. The highest BCUT2D eigenvalue weighted by Crippen LogP contribution is 2.42. The van der Waals surface area contributed by atoms with Gasteiger partial charge in [0, 0.05) is 38.6 Å². The standard InChI is InChI=1S/C27H30N12O8S2/c1-12(40)29-7-8-30-26-31-9-16(20(42)33-26)38(25(28)47)18(13-3-5-15(41)6-4-13)21(43)32-17-22(44)39-19(24(45)46)14(10-48-23(17)39)11-49-27-34-35-36-37(27)2/h3-6,9,17-18,23,41H,7-8,10-11H2,1-2H3,(H2,28,47)(H,29,40)(H,32,43)(H,45,46)(H2,30,31,33,42)/t17?,18?,23-/m0/s1. The first-order valence-corrected chi connectivity index (χ1v) is 16.4. The van der Waals surface area contributed by atoms with Gasteiger partial charge in [-0.15, -0.1) is 16.9 Å². The van der Waals surface area contributed by atoms with Crippen molar-refractivity contribution in [2.24, 2.45) is 12.8 Å². The number of rotatable bonds is 13. The maximum Gasteiger partial charge on any atom is 0.352 e. The Morgan fingerprint density at radius 1 is 1.20 bits per heavy atom. The molecular weight excluding hydrogens is 685 g/mol. The molecule has 49 heavy (non-hydrogen) atoms. The summed E-state index contributed by atoms with van der Waals surface area (Å²) in [6.45, 7) is 1.79. The minimum absolute atomic E-state index is 0.0111. The molecule has 8 N–H and O–H groups in total. The summed E-state index contributed by atoms with van der Waals surface area (Å²) in [5.41, 5.74) is 4.83. The number of aromatic nitrogens is 6. The fourth-order valence-electron chi connectivity index (χ4n) is 5.05. The number of nitrogens with zero attached hydrogens (tertiary/aromatic N) is 7. The van der Waals surface area contributed by atoms with Crippen LogP contribution >= 0.6 is 23.5 Å². The number of carbonyl (C=O) groups excluding carboxylic acids is 4. The number of nitrogens with two attached hydrogens (primary N) is 1. The van der Waals surface area contributed by atoms with Gasteiger partial charge in [-0.2, -0.15) is 0 Å². The number of benzene rings is 1. The highest BCUT2D eigenvalue weighted by atomic mass is 32.2.